The second-order valence-electron chi connectivity index (χ2n) is 2.15. The highest BCUT2D eigenvalue weighted by Gasteiger charge is 2.05. The van der Waals surface area contributed by atoms with Crippen LogP contribution in [0.5, 0.6) is 0 Å². The number of nitriles is 1. The van der Waals surface area contributed by atoms with E-state index in [9.17, 15) is 0 Å². The summed E-state index contributed by atoms with van der Waals surface area (Å²) in [6, 6.07) is 0. The molecule has 0 aromatic heterocycles. The van der Waals surface area contributed by atoms with Gasteiger partial charge in [-0.1, -0.05) is 13.8 Å². The summed E-state index contributed by atoms with van der Waals surface area (Å²) in [4.78, 5) is 1.82. The van der Waals surface area contributed by atoms with Gasteiger partial charge in [-0.2, -0.15) is 5.26 Å². The molecule has 0 saturated carbocycles. The van der Waals surface area contributed by atoms with Crippen molar-refractivity contribution in [2.45, 2.75) is 33.1 Å². The Morgan fingerprint density at radius 1 is 1.10 bits per heavy atom. The number of piperidine rings is 1. The molecule has 0 unspecified atom stereocenters. The van der Waals surface area contributed by atoms with Gasteiger partial charge in [0.25, 0.3) is 0 Å². The molecule has 0 aliphatic carbocycles. The van der Waals surface area contributed by atoms with Gasteiger partial charge in [-0.25, -0.2) is 0 Å². The third-order valence-corrected chi connectivity index (χ3v) is 1.50. The van der Waals surface area contributed by atoms with E-state index in [4.69, 9.17) is 5.26 Å². The van der Waals surface area contributed by atoms with Crippen molar-refractivity contribution in [2.24, 2.45) is 0 Å². The van der Waals surface area contributed by atoms with Gasteiger partial charge in [0.1, 0.15) is 0 Å². The maximum Gasteiger partial charge on any atom is 0.179 e. The molecule has 0 N–H and O–H groups in total. The summed E-state index contributed by atoms with van der Waals surface area (Å²) in [5.74, 6) is 0. The van der Waals surface area contributed by atoms with E-state index in [1.54, 1.807) is 0 Å². The van der Waals surface area contributed by atoms with Crippen molar-refractivity contribution < 1.29 is 0 Å². The lowest BCUT2D eigenvalue weighted by Crippen LogP contribution is -2.24. The molecule has 0 atom stereocenters. The fraction of sp³-hybridized carbons (Fsp3) is 0.875. The van der Waals surface area contributed by atoms with Crippen LogP contribution in [-0.2, 0) is 0 Å². The third kappa shape index (κ3) is 3.34. The topological polar surface area (TPSA) is 27.0 Å². The molecule has 2 heteroatoms. The van der Waals surface area contributed by atoms with Crippen LogP contribution in [0.25, 0.3) is 0 Å². The molecule has 1 saturated heterocycles. The van der Waals surface area contributed by atoms with E-state index in [-0.39, 0.29) is 0 Å². The van der Waals surface area contributed by atoms with Crippen LogP contribution >= 0.6 is 0 Å². The molecule has 0 spiro atoms. The first-order chi connectivity index (χ1) is 4.93. The molecule has 10 heavy (non-hydrogen) atoms. The monoisotopic (exact) mass is 140 g/mol. The van der Waals surface area contributed by atoms with Crippen LogP contribution in [0.3, 0.4) is 0 Å². The largest absolute Gasteiger partial charge is 0.311 e. The highest BCUT2D eigenvalue weighted by atomic mass is 15.1. The van der Waals surface area contributed by atoms with Crippen molar-refractivity contribution in [3.8, 4) is 6.19 Å². The average molecular weight is 140 g/mol. The van der Waals surface area contributed by atoms with E-state index in [0.717, 1.165) is 13.1 Å². The first kappa shape index (κ1) is 9.29. The van der Waals surface area contributed by atoms with Gasteiger partial charge < -0.3 is 4.90 Å². The number of nitrogens with zero attached hydrogens (tertiary/aromatic N) is 2. The summed E-state index contributed by atoms with van der Waals surface area (Å²) in [6.45, 7) is 5.97. The maximum absolute atomic E-state index is 8.37. The van der Waals surface area contributed by atoms with Gasteiger partial charge in [0, 0.05) is 13.1 Å². The fourth-order valence-corrected chi connectivity index (χ4v) is 0.994. The minimum Gasteiger partial charge on any atom is -0.311 e. The second kappa shape index (κ2) is 6.41. The van der Waals surface area contributed by atoms with Crippen molar-refractivity contribution in [3.05, 3.63) is 0 Å². The standard InChI is InChI=1S/C6H10N2.C2H6/c7-6-8-4-2-1-3-5-8;1-2/h1-5H2;1-2H3. The van der Waals surface area contributed by atoms with Crippen LogP contribution < -0.4 is 0 Å². The van der Waals surface area contributed by atoms with Crippen LogP contribution in [0.2, 0.25) is 0 Å². The van der Waals surface area contributed by atoms with Gasteiger partial charge in [-0.05, 0) is 19.3 Å². The maximum atomic E-state index is 8.37. The van der Waals surface area contributed by atoms with Crippen molar-refractivity contribution in [1.29, 1.82) is 5.26 Å². The molecule has 0 amide bonds. The quantitative estimate of drug-likeness (QED) is 0.481. The summed E-state index contributed by atoms with van der Waals surface area (Å²) in [7, 11) is 0. The Labute approximate surface area is 63.4 Å². The molecule has 1 heterocycles. The van der Waals surface area contributed by atoms with E-state index < -0.39 is 0 Å². The number of likely N-dealkylation sites (tertiary alicyclic amines) is 1. The normalized spacial score (nSPS) is 16.7. The molecule has 0 aromatic carbocycles. The first-order valence-electron chi connectivity index (χ1n) is 4.08. The van der Waals surface area contributed by atoms with Gasteiger partial charge in [0.15, 0.2) is 6.19 Å². The number of hydrogen-bond acceptors (Lipinski definition) is 2. The summed E-state index contributed by atoms with van der Waals surface area (Å²) in [5, 5.41) is 8.37. The van der Waals surface area contributed by atoms with E-state index >= 15 is 0 Å². The molecule has 1 fully saturated rings. The Morgan fingerprint density at radius 2 is 1.60 bits per heavy atom. The van der Waals surface area contributed by atoms with Crippen LogP contribution in [0, 0.1) is 11.5 Å². The summed E-state index contributed by atoms with van der Waals surface area (Å²) >= 11 is 0. The molecule has 1 aliphatic rings. The Kier molecular flexibility index (Phi) is 5.96. The molecule has 1 rings (SSSR count). The SMILES string of the molecule is CC.N#CN1CCCCC1. The highest BCUT2D eigenvalue weighted by Crippen LogP contribution is 2.05. The first-order valence-corrected chi connectivity index (χ1v) is 4.08. The van der Waals surface area contributed by atoms with E-state index in [0.29, 0.717) is 0 Å². The minimum atomic E-state index is 0.983. The van der Waals surface area contributed by atoms with Crippen LogP contribution in [-0.4, -0.2) is 18.0 Å². The van der Waals surface area contributed by atoms with Gasteiger partial charge in [0.2, 0.25) is 0 Å². The smallest absolute Gasteiger partial charge is 0.179 e. The lowest BCUT2D eigenvalue weighted by Gasteiger charge is -2.19. The minimum absolute atomic E-state index is 0.983. The number of rotatable bonds is 0. The van der Waals surface area contributed by atoms with Crippen molar-refractivity contribution >= 4 is 0 Å². The Bertz CT molecular complexity index is 98.3. The predicted molar refractivity (Wildman–Crippen MR) is 42.4 cm³/mol. The molecule has 0 radical (unpaired) electrons. The second-order valence-corrected chi connectivity index (χ2v) is 2.15. The molecule has 1 aliphatic heterocycles. The average Bonchev–Trinajstić information content (AvgIpc) is 2.10. The van der Waals surface area contributed by atoms with E-state index in [1.165, 1.54) is 19.3 Å². The van der Waals surface area contributed by atoms with Gasteiger partial charge in [-0.15, -0.1) is 0 Å². The van der Waals surface area contributed by atoms with E-state index in [2.05, 4.69) is 6.19 Å². The summed E-state index contributed by atoms with van der Waals surface area (Å²) in [6.07, 6.45) is 5.84. The molecule has 58 valence electrons. The Balaban J connectivity index is 0.000000371. The van der Waals surface area contributed by atoms with Crippen molar-refractivity contribution in [3.63, 3.8) is 0 Å². The molecule has 0 aromatic rings. The fourth-order valence-electron chi connectivity index (χ4n) is 0.994. The molecule has 0 bridgehead atoms. The van der Waals surface area contributed by atoms with Crippen molar-refractivity contribution in [2.75, 3.05) is 13.1 Å². The number of hydrogen-bond donors (Lipinski definition) is 0. The summed E-state index contributed by atoms with van der Waals surface area (Å²) in [5.41, 5.74) is 0. The van der Waals surface area contributed by atoms with Crippen LogP contribution in [0.4, 0.5) is 0 Å². The lowest BCUT2D eigenvalue weighted by molar-refractivity contribution is 0.322. The molecule has 2 nitrogen and oxygen atoms in total. The predicted octanol–water partition coefficient (Wildman–Crippen LogP) is 1.98. The Hall–Kier alpha value is -0.710. The van der Waals surface area contributed by atoms with Crippen molar-refractivity contribution in [1.82, 2.24) is 4.90 Å². The summed E-state index contributed by atoms with van der Waals surface area (Å²) < 4.78 is 0. The van der Waals surface area contributed by atoms with Crippen LogP contribution in [0.15, 0.2) is 0 Å². The lowest BCUT2D eigenvalue weighted by atomic mass is 10.1. The molecular weight excluding hydrogens is 124 g/mol. The Morgan fingerprint density at radius 3 is 1.90 bits per heavy atom. The third-order valence-electron chi connectivity index (χ3n) is 1.50. The molecular formula is C8H16N2. The zero-order valence-electron chi connectivity index (χ0n) is 6.93. The van der Waals surface area contributed by atoms with Gasteiger partial charge in [-0.3, -0.25) is 0 Å². The highest BCUT2D eigenvalue weighted by molar-refractivity contribution is 4.76. The van der Waals surface area contributed by atoms with E-state index in [1.807, 2.05) is 18.7 Å². The van der Waals surface area contributed by atoms with Gasteiger partial charge in [0.05, 0.1) is 0 Å². The zero-order chi connectivity index (χ0) is 7.82. The zero-order valence-corrected chi connectivity index (χ0v) is 6.93. The van der Waals surface area contributed by atoms with Crippen LogP contribution in [0.1, 0.15) is 33.1 Å². The van der Waals surface area contributed by atoms with Gasteiger partial charge >= 0.3 is 0 Å².